The molecule has 0 radical (unpaired) electrons. The monoisotopic (exact) mass is 366 g/mol. The van der Waals surface area contributed by atoms with E-state index in [1.807, 2.05) is 0 Å². The van der Waals surface area contributed by atoms with Crippen LogP contribution in [0.4, 0.5) is 0 Å². The van der Waals surface area contributed by atoms with Gasteiger partial charge in [-0.15, -0.1) is 0 Å². The fraction of sp³-hybridized carbons (Fsp3) is 0.632. The molecule has 1 aromatic carbocycles. The van der Waals surface area contributed by atoms with E-state index < -0.39 is 10.0 Å². The average Bonchev–Trinajstić information content (AvgIpc) is 2.87. The second-order valence-corrected chi connectivity index (χ2v) is 8.56. The molecule has 1 aliphatic carbocycles. The summed E-state index contributed by atoms with van der Waals surface area (Å²) in [5.41, 5.74) is 0.403. The van der Waals surface area contributed by atoms with E-state index in [2.05, 4.69) is 17.0 Å². The van der Waals surface area contributed by atoms with Gasteiger partial charge in [-0.2, -0.15) is 0 Å². The first-order chi connectivity index (χ1) is 12.0. The van der Waals surface area contributed by atoms with Crippen molar-refractivity contribution in [2.75, 3.05) is 6.54 Å². The van der Waals surface area contributed by atoms with E-state index in [9.17, 15) is 13.2 Å². The fourth-order valence-corrected chi connectivity index (χ4v) is 4.28. The predicted molar refractivity (Wildman–Crippen MR) is 100 cm³/mol. The molecule has 1 aromatic rings. The standard InChI is InChI=1S/C19H30N2O3S/c1-2-3-8-14-20-25(23,24)18-13-9-10-16(15-18)19(22)21-17-11-6-4-5-7-12-17/h9-10,13,15,17,20H,2-8,11-12,14H2,1H3,(H,21,22). The lowest BCUT2D eigenvalue weighted by atomic mass is 10.1. The molecule has 0 bridgehead atoms. The van der Waals surface area contributed by atoms with Crippen LogP contribution in [0, 0.1) is 0 Å². The Labute approximate surface area is 151 Å². The lowest BCUT2D eigenvalue weighted by Gasteiger charge is -2.16. The summed E-state index contributed by atoms with van der Waals surface area (Å²) >= 11 is 0. The Kier molecular flexibility index (Phi) is 7.90. The van der Waals surface area contributed by atoms with E-state index in [0.717, 1.165) is 44.9 Å². The number of benzene rings is 1. The van der Waals surface area contributed by atoms with E-state index in [1.165, 1.54) is 25.0 Å². The van der Waals surface area contributed by atoms with Gasteiger partial charge in [-0.05, 0) is 37.5 Å². The van der Waals surface area contributed by atoms with Crippen molar-refractivity contribution in [3.63, 3.8) is 0 Å². The normalized spacial score (nSPS) is 16.4. The summed E-state index contributed by atoms with van der Waals surface area (Å²) in [5.74, 6) is -0.185. The van der Waals surface area contributed by atoms with Crippen molar-refractivity contribution in [3.05, 3.63) is 29.8 Å². The van der Waals surface area contributed by atoms with Gasteiger partial charge < -0.3 is 5.32 Å². The molecule has 140 valence electrons. The first-order valence-corrected chi connectivity index (χ1v) is 10.9. The molecule has 25 heavy (non-hydrogen) atoms. The van der Waals surface area contributed by atoms with E-state index in [1.54, 1.807) is 12.1 Å². The number of amides is 1. The highest BCUT2D eigenvalue weighted by Gasteiger charge is 2.18. The maximum atomic E-state index is 12.5. The number of unbranched alkanes of at least 4 members (excludes halogenated alkanes) is 2. The van der Waals surface area contributed by atoms with Crippen LogP contribution in [-0.4, -0.2) is 26.9 Å². The van der Waals surface area contributed by atoms with Crippen molar-refractivity contribution in [2.24, 2.45) is 0 Å². The van der Waals surface area contributed by atoms with Gasteiger partial charge in [0.15, 0.2) is 0 Å². The smallest absolute Gasteiger partial charge is 0.251 e. The van der Waals surface area contributed by atoms with Gasteiger partial charge in [0.05, 0.1) is 4.90 Å². The van der Waals surface area contributed by atoms with Crippen LogP contribution in [0.1, 0.15) is 75.1 Å². The molecule has 2 rings (SSSR count). The Balaban J connectivity index is 2.00. The molecule has 1 aliphatic rings. The van der Waals surface area contributed by atoms with Crippen molar-refractivity contribution in [1.29, 1.82) is 0 Å². The summed E-state index contributed by atoms with van der Waals surface area (Å²) in [6, 6.07) is 6.49. The van der Waals surface area contributed by atoms with Crippen LogP contribution in [0.2, 0.25) is 0 Å². The molecular weight excluding hydrogens is 336 g/mol. The molecule has 0 aliphatic heterocycles. The molecule has 1 saturated carbocycles. The van der Waals surface area contributed by atoms with Gasteiger partial charge >= 0.3 is 0 Å². The predicted octanol–water partition coefficient (Wildman–Crippen LogP) is 3.61. The van der Waals surface area contributed by atoms with Crippen molar-refractivity contribution >= 4 is 15.9 Å². The van der Waals surface area contributed by atoms with Gasteiger partial charge in [-0.1, -0.05) is 51.5 Å². The number of hydrogen-bond donors (Lipinski definition) is 2. The quantitative estimate of drug-likeness (QED) is 0.545. The highest BCUT2D eigenvalue weighted by molar-refractivity contribution is 7.89. The summed E-state index contributed by atoms with van der Waals surface area (Å²) in [5, 5.41) is 3.06. The van der Waals surface area contributed by atoms with Gasteiger partial charge in [0.25, 0.3) is 5.91 Å². The van der Waals surface area contributed by atoms with E-state index >= 15 is 0 Å². The Hall–Kier alpha value is -1.40. The summed E-state index contributed by atoms with van der Waals surface area (Å²) in [7, 11) is -3.57. The third-order valence-corrected chi connectivity index (χ3v) is 6.13. The number of carbonyl (C=O) groups excluding carboxylic acids is 1. The Morgan fingerprint density at radius 1 is 1.12 bits per heavy atom. The maximum Gasteiger partial charge on any atom is 0.251 e. The van der Waals surface area contributed by atoms with Crippen molar-refractivity contribution < 1.29 is 13.2 Å². The molecule has 0 unspecified atom stereocenters. The highest BCUT2D eigenvalue weighted by atomic mass is 32.2. The van der Waals surface area contributed by atoms with E-state index in [-0.39, 0.29) is 16.8 Å². The molecule has 6 heteroatoms. The molecule has 0 aromatic heterocycles. The van der Waals surface area contributed by atoms with Gasteiger partial charge in [0.1, 0.15) is 0 Å². The van der Waals surface area contributed by atoms with Crippen molar-refractivity contribution in [1.82, 2.24) is 10.0 Å². The molecule has 1 amide bonds. The largest absolute Gasteiger partial charge is 0.349 e. The minimum atomic E-state index is -3.57. The third-order valence-electron chi connectivity index (χ3n) is 4.67. The van der Waals surface area contributed by atoms with Crippen LogP contribution in [-0.2, 0) is 10.0 Å². The molecule has 0 spiro atoms. The van der Waals surface area contributed by atoms with Crippen LogP contribution in [0.3, 0.4) is 0 Å². The SMILES string of the molecule is CCCCCNS(=O)(=O)c1cccc(C(=O)NC2CCCCCC2)c1. The summed E-state index contributed by atoms with van der Waals surface area (Å²) in [6.45, 7) is 2.50. The van der Waals surface area contributed by atoms with Crippen LogP contribution < -0.4 is 10.0 Å². The van der Waals surface area contributed by atoms with Crippen molar-refractivity contribution in [3.8, 4) is 0 Å². The second-order valence-electron chi connectivity index (χ2n) is 6.79. The molecule has 0 heterocycles. The summed E-state index contributed by atoms with van der Waals surface area (Å²) < 4.78 is 27.3. The fourth-order valence-electron chi connectivity index (χ4n) is 3.16. The lowest BCUT2D eigenvalue weighted by Crippen LogP contribution is -2.34. The molecule has 2 N–H and O–H groups in total. The topological polar surface area (TPSA) is 75.3 Å². The minimum absolute atomic E-state index is 0.150. The number of nitrogens with one attached hydrogen (secondary N) is 2. The number of sulfonamides is 1. The molecule has 1 fully saturated rings. The Morgan fingerprint density at radius 2 is 1.84 bits per heavy atom. The van der Waals surface area contributed by atoms with Crippen LogP contribution in [0.15, 0.2) is 29.2 Å². The first kappa shape index (κ1) is 19.9. The summed E-state index contributed by atoms with van der Waals surface area (Å²) in [6.07, 6.45) is 9.59. The molecule has 0 atom stereocenters. The minimum Gasteiger partial charge on any atom is -0.349 e. The van der Waals surface area contributed by atoms with E-state index in [0.29, 0.717) is 12.1 Å². The van der Waals surface area contributed by atoms with Gasteiger partial charge in [0, 0.05) is 18.2 Å². The molecule has 0 saturated heterocycles. The highest BCUT2D eigenvalue weighted by Crippen LogP contribution is 2.18. The Morgan fingerprint density at radius 3 is 2.52 bits per heavy atom. The van der Waals surface area contributed by atoms with Crippen molar-refractivity contribution in [2.45, 2.75) is 75.6 Å². The zero-order chi connectivity index (χ0) is 18.1. The van der Waals surface area contributed by atoms with Crippen LogP contribution in [0.5, 0.6) is 0 Å². The zero-order valence-electron chi connectivity index (χ0n) is 15.1. The average molecular weight is 367 g/mol. The maximum absolute atomic E-state index is 12.5. The van der Waals surface area contributed by atoms with Crippen LogP contribution in [0.25, 0.3) is 0 Å². The molecule has 5 nitrogen and oxygen atoms in total. The van der Waals surface area contributed by atoms with E-state index in [4.69, 9.17) is 0 Å². The first-order valence-electron chi connectivity index (χ1n) is 9.43. The van der Waals surface area contributed by atoms with Gasteiger partial charge in [-0.25, -0.2) is 13.1 Å². The number of rotatable bonds is 8. The number of hydrogen-bond acceptors (Lipinski definition) is 3. The second kappa shape index (κ2) is 9.92. The molecular formula is C19H30N2O3S. The van der Waals surface area contributed by atoms with Gasteiger partial charge in [-0.3, -0.25) is 4.79 Å². The van der Waals surface area contributed by atoms with Crippen LogP contribution >= 0.6 is 0 Å². The summed E-state index contributed by atoms with van der Waals surface area (Å²) in [4.78, 5) is 12.6. The third kappa shape index (κ3) is 6.44. The Bertz CT molecular complexity index is 650. The van der Waals surface area contributed by atoms with Gasteiger partial charge in [0.2, 0.25) is 10.0 Å². The number of carbonyl (C=O) groups is 1. The zero-order valence-corrected chi connectivity index (χ0v) is 15.9. The lowest BCUT2D eigenvalue weighted by molar-refractivity contribution is 0.0933.